The summed E-state index contributed by atoms with van der Waals surface area (Å²) < 4.78 is 10.8. The van der Waals surface area contributed by atoms with Crippen LogP contribution in [0.4, 0.5) is 0 Å². The van der Waals surface area contributed by atoms with Crippen molar-refractivity contribution in [3.63, 3.8) is 0 Å². The van der Waals surface area contributed by atoms with Crippen molar-refractivity contribution in [3.05, 3.63) is 11.7 Å². The first-order valence-electron chi connectivity index (χ1n) is 8.82. The van der Waals surface area contributed by atoms with Crippen LogP contribution in [-0.2, 0) is 27.3 Å². The first-order chi connectivity index (χ1) is 11.5. The molecule has 7 heteroatoms. The van der Waals surface area contributed by atoms with Crippen LogP contribution in [0.25, 0.3) is 0 Å². The van der Waals surface area contributed by atoms with E-state index in [0.29, 0.717) is 11.7 Å². The molecule has 1 aliphatic carbocycles. The SMILES string of the molecule is CCCc1noc(CN(C)C(=O)C2CC(=O)OC23CCCCC3)n1. The summed E-state index contributed by atoms with van der Waals surface area (Å²) in [7, 11) is 1.71. The Morgan fingerprint density at radius 2 is 2.08 bits per heavy atom. The van der Waals surface area contributed by atoms with Crippen LogP contribution in [0.1, 0.15) is 63.6 Å². The summed E-state index contributed by atoms with van der Waals surface area (Å²) in [5.74, 6) is 0.367. The van der Waals surface area contributed by atoms with E-state index < -0.39 is 11.5 Å². The van der Waals surface area contributed by atoms with Gasteiger partial charge in [-0.1, -0.05) is 18.5 Å². The van der Waals surface area contributed by atoms with E-state index in [9.17, 15) is 9.59 Å². The van der Waals surface area contributed by atoms with E-state index in [1.54, 1.807) is 11.9 Å². The molecule has 2 heterocycles. The van der Waals surface area contributed by atoms with E-state index in [-0.39, 0.29) is 24.8 Å². The molecule has 1 unspecified atom stereocenters. The molecular formula is C17H25N3O4. The molecule has 132 valence electrons. The molecule has 3 rings (SSSR count). The number of hydrogen-bond donors (Lipinski definition) is 0. The highest BCUT2D eigenvalue weighted by Crippen LogP contribution is 2.44. The van der Waals surface area contributed by atoms with Gasteiger partial charge in [-0.05, 0) is 32.1 Å². The summed E-state index contributed by atoms with van der Waals surface area (Å²) in [6, 6.07) is 0. The van der Waals surface area contributed by atoms with Crippen molar-refractivity contribution in [2.75, 3.05) is 7.05 Å². The lowest BCUT2D eigenvalue weighted by molar-refractivity contribution is -0.155. The molecule has 0 aromatic carbocycles. The first-order valence-corrected chi connectivity index (χ1v) is 8.82. The van der Waals surface area contributed by atoms with Crippen molar-refractivity contribution in [1.82, 2.24) is 15.0 Å². The molecule has 2 fully saturated rings. The maximum atomic E-state index is 12.9. The van der Waals surface area contributed by atoms with Gasteiger partial charge in [-0.25, -0.2) is 0 Å². The van der Waals surface area contributed by atoms with Crippen LogP contribution in [-0.4, -0.2) is 39.6 Å². The second-order valence-corrected chi connectivity index (χ2v) is 6.90. The fourth-order valence-electron chi connectivity index (χ4n) is 3.83. The van der Waals surface area contributed by atoms with Gasteiger partial charge in [0.25, 0.3) is 0 Å². The number of esters is 1. The minimum Gasteiger partial charge on any atom is -0.458 e. The molecule has 24 heavy (non-hydrogen) atoms. The van der Waals surface area contributed by atoms with Gasteiger partial charge >= 0.3 is 5.97 Å². The largest absolute Gasteiger partial charge is 0.458 e. The quantitative estimate of drug-likeness (QED) is 0.767. The molecule has 1 aromatic heterocycles. The Balaban J connectivity index is 1.68. The number of carbonyl (C=O) groups is 2. The number of amides is 1. The van der Waals surface area contributed by atoms with Crippen LogP contribution >= 0.6 is 0 Å². The average Bonchev–Trinajstić information content (AvgIpc) is 3.12. The number of nitrogens with zero attached hydrogens (tertiary/aromatic N) is 3. The molecule has 1 saturated carbocycles. The fraction of sp³-hybridized carbons (Fsp3) is 0.765. The third kappa shape index (κ3) is 3.30. The topological polar surface area (TPSA) is 85.5 Å². The summed E-state index contributed by atoms with van der Waals surface area (Å²) in [5, 5.41) is 3.91. The van der Waals surface area contributed by atoms with Gasteiger partial charge in [0.1, 0.15) is 5.60 Å². The number of carbonyl (C=O) groups excluding carboxylic acids is 2. The lowest BCUT2D eigenvalue weighted by atomic mass is 9.75. The van der Waals surface area contributed by atoms with E-state index in [4.69, 9.17) is 9.26 Å². The van der Waals surface area contributed by atoms with Crippen molar-refractivity contribution >= 4 is 11.9 Å². The number of hydrogen-bond acceptors (Lipinski definition) is 6. The van der Waals surface area contributed by atoms with Crippen molar-refractivity contribution < 1.29 is 18.8 Å². The fourth-order valence-corrected chi connectivity index (χ4v) is 3.83. The van der Waals surface area contributed by atoms with Crippen molar-refractivity contribution in [3.8, 4) is 0 Å². The third-order valence-corrected chi connectivity index (χ3v) is 5.05. The van der Waals surface area contributed by atoms with Gasteiger partial charge in [-0.3, -0.25) is 9.59 Å². The molecule has 1 atom stereocenters. The van der Waals surface area contributed by atoms with Crippen molar-refractivity contribution in [1.29, 1.82) is 0 Å². The molecule has 1 aliphatic heterocycles. The molecule has 1 aromatic rings. The lowest BCUT2D eigenvalue weighted by Crippen LogP contribution is -2.46. The molecule has 0 N–H and O–H groups in total. The Morgan fingerprint density at radius 3 is 2.79 bits per heavy atom. The number of aromatic nitrogens is 2. The minimum atomic E-state index is -0.594. The smallest absolute Gasteiger partial charge is 0.307 e. The molecule has 1 amide bonds. The molecule has 1 saturated heterocycles. The van der Waals surface area contributed by atoms with Crippen LogP contribution in [0.5, 0.6) is 0 Å². The highest BCUT2D eigenvalue weighted by molar-refractivity contribution is 5.87. The van der Waals surface area contributed by atoms with E-state index in [0.717, 1.165) is 44.9 Å². The van der Waals surface area contributed by atoms with Gasteiger partial charge in [0, 0.05) is 13.5 Å². The maximum Gasteiger partial charge on any atom is 0.307 e. The van der Waals surface area contributed by atoms with Crippen molar-refractivity contribution in [2.45, 2.75) is 70.4 Å². The van der Waals surface area contributed by atoms with E-state index in [2.05, 4.69) is 10.1 Å². The van der Waals surface area contributed by atoms with E-state index >= 15 is 0 Å². The summed E-state index contributed by atoms with van der Waals surface area (Å²) >= 11 is 0. The standard InChI is InChI=1S/C17H25N3O4/c1-3-7-13-18-14(24-19-13)11-20(2)16(22)12-10-15(21)23-17(12)8-5-4-6-9-17/h12H,3-11H2,1-2H3. The molecule has 0 radical (unpaired) electrons. The zero-order chi connectivity index (χ0) is 17.2. The molecule has 0 bridgehead atoms. The Bertz CT molecular complexity index is 607. The maximum absolute atomic E-state index is 12.9. The van der Waals surface area contributed by atoms with Gasteiger partial charge in [0.05, 0.1) is 18.9 Å². The zero-order valence-corrected chi connectivity index (χ0v) is 14.4. The van der Waals surface area contributed by atoms with Gasteiger partial charge in [0.15, 0.2) is 5.82 Å². The van der Waals surface area contributed by atoms with Gasteiger partial charge in [-0.2, -0.15) is 4.98 Å². The first kappa shape index (κ1) is 16.9. The molecular weight excluding hydrogens is 310 g/mol. The van der Waals surface area contributed by atoms with Crippen LogP contribution in [0.15, 0.2) is 4.52 Å². The highest BCUT2D eigenvalue weighted by atomic mass is 16.6. The predicted molar refractivity (Wildman–Crippen MR) is 84.8 cm³/mol. The lowest BCUT2D eigenvalue weighted by Gasteiger charge is -2.37. The number of ether oxygens (including phenoxy) is 1. The van der Waals surface area contributed by atoms with E-state index in [1.807, 2.05) is 6.92 Å². The molecule has 1 spiro atoms. The number of rotatable bonds is 5. The second-order valence-electron chi connectivity index (χ2n) is 6.90. The minimum absolute atomic E-state index is 0.0713. The summed E-state index contributed by atoms with van der Waals surface area (Å²) in [6.45, 7) is 2.31. The number of aryl methyl sites for hydroxylation is 1. The Labute approximate surface area is 141 Å². The summed E-state index contributed by atoms with van der Waals surface area (Å²) in [6.07, 6.45) is 6.59. The normalized spacial score (nSPS) is 22.6. The second kappa shape index (κ2) is 6.91. The van der Waals surface area contributed by atoms with Crippen LogP contribution in [0.3, 0.4) is 0 Å². The van der Waals surface area contributed by atoms with Crippen LogP contribution in [0.2, 0.25) is 0 Å². The molecule has 2 aliphatic rings. The van der Waals surface area contributed by atoms with Crippen molar-refractivity contribution in [2.24, 2.45) is 5.92 Å². The van der Waals surface area contributed by atoms with E-state index in [1.165, 1.54) is 0 Å². The van der Waals surface area contributed by atoms with Crippen LogP contribution in [0, 0.1) is 5.92 Å². The summed E-state index contributed by atoms with van der Waals surface area (Å²) in [5.41, 5.74) is -0.594. The Kier molecular flexibility index (Phi) is 4.87. The summed E-state index contributed by atoms with van der Waals surface area (Å²) in [4.78, 5) is 30.6. The average molecular weight is 335 g/mol. The highest BCUT2D eigenvalue weighted by Gasteiger charge is 2.53. The third-order valence-electron chi connectivity index (χ3n) is 5.05. The van der Waals surface area contributed by atoms with Gasteiger partial charge in [-0.15, -0.1) is 0 Å². The van der Waals surface area contributed by atoms with Gasteiger partial charge < -0.3 is 14.2 Å². The zero-order valence-electron chi connectivity index (χ0n) is 14.4. The Hall–Kier alpha value is -1.92. The van der Waals surface area contributed by atoms with Crippen LogP contribution < -0.4 is 0 Å². The Morgan fingerprint density at radius 1 is 1.33 bits per heavy atom. The monoisotopic (exact) mass is 335 g/mol. The van der Waals surface area contributed by atoms with Gasteiger partial charge in [0.2, 0.25) is 11.8 Å². The predicted octanol–water partition coefficient (Wildman–Crippen LogP) is 2.25. The molecule has 7 nitrogen and oxygen atoms in total.